The molecule has 0 spiro atoms. The van der Waals surface area contributed by atoms with E-state index in [1.165, 1.54) is 12.8 Å². The topological polar surface area (TPSA) is 36.9 Å². The largest absolute Gasteiger partial charge is 0.394 e. The highest BCUT2D eigenvalue weighted by atomic mass is 28.3. The Labute approximate surface area is 94.7 Å². The highest BCUT2D eigenvalue weighted by molar-refractivity contribution is 6.44. The van der Waals surface area contributed by atoms with Crippen LogP contribution in [0.1, 0.15) is 19.8 Å². The molecular formula is C10H24O4Si. The Balaban J connectivity index is 3.53. The van der Waals surface area contributed by atoms with Crippen LogP contribution in [0.3, 0.4) is 0 Å². The van der Waals surface area contributed by atoms with Crippen molar-refractivity contribution in [2.24, 2.45) is 0 Å². The summed E-state index contributed by atoms with van der Waals surface area (Å²) in [5, 5.41) is 0. The van der Waals surface area contributed by atoms with Crippen molar-refractivity contribution in [3.63, 3.8) is 0 Å². The highest BCUT2D eigenvalue weighted by Gasteiger charge is 2.12. The predicted octanol–water partition coefficient (Wildman–Crippen LogP) is 1.33. The molecule has 0 aromatic rings. The Bertz CT molecular complexity index is 114. The zero-order chi connectivity index (χ0) is 11.4. The van der Waals surface area contributed by atoms with Crippen molar-refractivity contribution in [3.05, 3.63) is 0 Å². The number of hydrogen-bond donors (Lipinski definition) is 0. The smallest absolute Gasteiger partial charge is 0.321 e. The molecule has 92 valence electrons. The summed E-state index contributed by atoms with van der Waals surface area (Å²) in [4.78, 5) is 0. The monoisotopic (exact) mass is 236 g/mol. The molecule has 0 N–H and O–H groups in total. The van der Waals surface area contributed by atoms with Crippen molar-refractivity contribution in [2.75, 3.05) is 40.6 Å². The summed E-state index contributed by atoms with van der Waals surface area (Å²) >= 11 is 0. The first-order valence-corrected chi connectivity index (χ1v) is 7.32. The van der Waals surface area contributed by atoms with Gasteiger partial charge >= 0.3 is 9.28 Å². The number of ether oxygens (including phenoxy) is 2. The van der Waals surface area contributed by atoms with Crippen LogP contribution < -0.4 is 0 Å². The first-order valence-electron chi connectivity index (χ1n) is 5.56. The summed E-state index contributed by atoms with van der Waals surface area (Å²) in [6.07, 6.45) is 2.36. The van der Waals surface area contributed by atoms with Crippen LogP contribution in [0.4, 0.5) is 0 Å². The van der Waals surface area contributed by atoms with Crippen LogP contribution in [0.2, 0.25) is 6.04 Å². The Morgan fingerprint density at radius 3 is 1.80 bits per heavy atom. The van der Waals surface area contributed by atoms with Crippen LogP contribution in [0.5, 0.6) is 0 Å². The van der Waals surface area contributed by atoms with Gasteiger partial charge in [-0.1, -0.05) is 19.8 Å². The van der Waals surface area contributed by atoms with Crippen molar-refractivity contribution in [1.29, 1.82) is 0 Å². The van der Waals surface area contributed by atoms with E-state index >= 15 is 0 Å². The van der Waals surface area contributed by atoms with E-state index in [-0.39, 0.29) is 0 Å². The fourth-order valence-electron chi connectivity index (χ4n) is 1.11. The zero-order valence-electron chi connectivity index (χ0n) is 10.2. The van der Waals surface area contributed by atoms with Crippen molar-refractivity contribution >= 4 is 9.28 Å². The molecule has 0 saturated carbocycles. The maximum Gasteiger partial charge on any atom is 0.321 e. The fraction of sp³-hybridized carbons (Fsp3) is 1.00. The molecule has 4 nitrogen and oxygen atoms in total. The average Bonchev–Trinajstić information content (AvgIpc) is 2.25. The standard InChI is InChI=1S/C10H24O4Si/c1-4-5-10-15(13-8-6-11-2)14-9-7-12-3/h15H,4-10H2,1-3H3. The molecule has 0 fully saturated rings. The van der Waals surface area contributed by atoms with Gasteiger partial charge in [0.2, 0.25) is 0 Å². The molecular weight excluding hydrogens is 212 g/mol. The third-order valence-corrected chi connectivity index (χ3v) is 4.07. The number of methoxy groups -OCH3 is 2. The van der Waals surface area contributed by atoms with Crippen LogP contribution in [0, 0.1) is 0 Å². The molecule has 0 aliphatic heterocycles. The lowest BCUT2D eigenvalue weighted by atomic mass is 10.4. The average molecular weight is 236 g/mol. The zero-order valence-corrected chi connectivity index (χ0v) is 11.3. The molecule has 0 aliphatic rings. The van der Waals surface area contributed by atoms with Gasteiger partial charge in [0.25, 0.3) is 0 Å². The predicted molar refractivity (Wildman–Crippen MR) is 62.5 cm³/mol. The van der Waals surface area contributed by atoms with Gasteiger partial charge in [-0.3, -0.25) is 0 Å². The van der Waals surface area contributed by atoms with Gasteiger partial charge in [0.1, 0.15) is 0 Å². The van der Waals surface area contributed by atoms with Gasteiger partial charge in [-0.05, 0) is 6.04 Å². The molecule has 0 aliphatic carbocycles. The van der Waals surface area contributed by atoms with E-state index in [1.807, 2.05) is 0 Å². The van der Waals surface area contributed by atoms with E-state index in [0.29, 0.717) is 26.4 Å². The lowest BCUT2D eigenvalue weighted by molar-refractivity contribution is 0.0994. The van der Waals surface area contributed by atoms with Crippen molar-refractivity contribution in [1.82, 2.24) is 0 Å². The Morgan fingerprint density at radius 1 is 0.867 bits per heavy atom. The normalized spacial score (nSPS) is 11.2. The van der Waals surface area contributed by atoms with Crippen LogP contribution >= 0.6 is 0 Å². The number of rotatable bonds is 11. The molecule has 0 atom stereocenters. The third-order valence-electron chi connectivity index (χ3n) is 1.98. The van der Waals surface area contributed by atoms with Crippen molar-refractivity contribution in [2.45, 2.75) is 25.8 Å². The van der Waals surface area contributed by atoms with Gasteiger partial charge in [-0.2, -0.15) is 0 Å². The summed E-state index contributed by atoms with van der Waals surface area (Å²) in [5.41, 5.74) is 0. The van der Waals surface area contributed by atoms with Crippen LogP contribution in [0.25, 0.3) is 0 Å². The Kier molecular flexibility index (Phi) is 12.2. The van der Waals surface area contributed by atoms with Gasteiger partial charge in [0, 0.05) is 14.2 Å². The van der Waals surface area contributed by atoms with E-state index in [1.54, 1.807) is 14.2 Å². The first kappa shape index (κ1) is 15.1. The SMILES string of the molecule is CCCC[SiH](OCCOC)OCCOC. The summed E-state index contributed by atoms with van der Waals surface area (Å²) in [6, 6.07) is 1.07. The molecule has 0 saturated heterocycles. The lowest BCUT2D eigenvalue weighted by Crippen LogP contribution is -2.26. The Morgan fingerprint density at radius 2 is 1.40 bits per heavy atom. The van der Waals surface area contributed by atoms with Gasteiger partial charge in [-0.15, -0.1) is 0 Å². The van der Waals surface area contributed by atoms with Crippen molar-refractivity contribution < 1.29 is 18.3 Å². The molecule has 15 heavy (non-hydrogen) atoms. The highest BCUT2D eigenvalue weighted by Crippen LogP contribution is 2.04. The minimum atomic E-state index is -1.47. The van der Waals surface area contributed by atoms with E-state index in [2.05, 4.69) is 6.92 Å². The molecule has 0 heterocycles. The second kappa shape index (κ2) is 12.1. The van der Waals surface area contributed by atoms with Gasteiger partial charge in [-0.25, -0.2) is 0 Å². The van der Waals surface area contributed by atoms with Gasteiger partial charge in [0.05, 0.1) is 26.4 Å². The summed E-state index contributed by atoms with van der Waals surface area (Å²) < 4.78 is 21.2. The minimum Gasteiger partial charge on any atom is -0.394 e. The second-order valence-corrected chi connectivity index (χ2v) is 5.40. The molecule has 0 bridgehead atoms. The molecule has 0 radical (unpaired) electrons. The third kappa shape index (κ3) is 10.3. The maximum atomic E-state index is 5.67. The molecule has 0 aromatic heterocycles. The van der Waals surface area contributed by atoms with Gasteiger partial charge in [0.15, 0.2) is 0 Å². The van der Waals surface area contributed by atoms with Crippen LogP contribution in [-0.2, 0) is 18.3 Å². The molecule has 5 heteroatoms. The van der Waals surface area contributed by atoms with Crippen LogP contribution in [0.15, 0.2) is 0 Å². The summed E-state index contributed by atoms with van der Waals surface area (Å²) in [7, 11) is 1.88. The molecule has 0 aromatic carbocycles. The Hall–Kier alpha value is 0.0569. The molecule has 0 amide bonds. The minimum absolute atomic E-state index is 0.642. The first-order chi connectivity index (χ1) is 7.35. The summed E-state index contributed by atoms with van der Waals surface area (Å²) in [6.45, 7) is 4.75. The van der Waals surface area contributed by atoms with Crippen molar-refractivity contribution in [3.8, 4) is 0 Å². The lowest BCUT2D eigenvalue weighted by Gasteiger charge is -2.16. The number of unbranched alkanes of at least 4 members (excludes halogenated alkanes) is 1. The van der Waals surface area contributed by atoms with E-state index in [9.17, 15) is 0 Å². The second-order valence-electron chi connectivity index (χ2n) is 3.30. The molecule has 0 unspecified atom stereocenters. The molecule has 0 rings (SSSR count). The van der Waals surface area contributed by atoms with Crippen LogP contribution in [-0.4, -0.2) is 49.9 Å². The van der Waals surface area contributed by atoms with Gasteiger partial charge < -0.3 is 18.3 Å². The van der Waals surface area contributed by atoms with E-state index in [0.717, 1.165) is 6.04 Å². The van der Waals surface area contributed by atoms with E-state index < -0.39 is 9.28 Å². The summed E-state index contributed by atoms with van der Waals surface area (Å²) in [5.74, 6) is 0. The maximum absolute atomic E-state index is 5.67. The van der Waals surface area contributed by atoms with E-state index in [4.69, 9.17) is 18.3 Å². The fourth-order valence-corrected chi connectivity index (χ4v) is 3.00. The number of hydrogen-bond acceptors (Lipinski definition) is 4. The quantitative estimate of drug-likeness (QED) is 0.401.